The van der Waals surface area contributed by atoms with Crippen LogP contribution in [0.1, 0.15) is 17.4 Å². The van der Waals surface area contributed by atoms with Gasteiger partial charge >= 0.3 is 0 Å². The van der Waals surface area contributed by atoms with E-state index in [2.05, 4.69) is 10.3 Å². The molecule has 3 atom stereocenters. The van der Waals surface area contributed by atoms with Crippen LogP contribution in [0.5, 0.6) is 11.6 Å². The Balaban J connectivity index is 1.90. The van der Waals surface area contributed by atoms with Gasteiger partial charge in [-0.3, -0.25) is 9.59 Å². The van der Waals surface area contributed by atoms with E-state index in [1.165, 1.54) is 7.11 Å². The highest BCUT2D eigenvalue weighted by Crippen LogP contribution is 2.29. The molecule has 1 fully saturated rings. The zero-order valence-corrected chi connectivity index (χ0v) is 14.8. The average molecular weight is 359 g/mol. The highest BCUT2D eigenvalue weighted by Gasteiger charge is 2.39. The lowest BCUT2D eigenvalue weighted by atomic mass is 10.0. The van der Waals surface area contributed by atoms with E-state index < -0.39 is 12.0 Å². The number of nitrogens with two attached hydrogens (primary N) is 1. The fourth-order valence-electron chi connectivity index (χ4n) is 3.09. The summed E-state index contributed by atoms with van der Waals surface area (Å²) in [5, 5.41) is 4.29. The van der Waals surface area contributed by atoms with E-state index in [1.54, 1.807) is 31.4 Å². The van der Waals surface area contributed by atoms with E-state index >= 15 is 0 Å². The minimum atomic E-state index is -0.644. The highest BCUT2D eigenvalue weighted by atomic mass is 16.5. The van der Waals surface area contributed by atoms with Gasteiger partial charge in [0, 0.05) is 18.4 Å². The molecule has 0 saturated carbocycles. The summed E-state index contributed by atoms with van der Waals surface area (Å²) in [6.45, 7) is 2.10. The van der Waals surface area contributed by atoms with Crippen LogP contribution < -0.4 is 20.5 Å². The first-order valence-electron chi connectivity index (χ1n) is 8.19. The molecule has 138 valence electrons. The number of carbonyl (C=O) groups excluding carboxylic acids is 2. The first kappa shape index (κ1) is 17.9. The van der Waals surface area contributed by atoms with Crippen molar-refractivity contribution in [3.8, 4) is 11.6 Å². The molecule has 0 unspecified atom stereocenters. The number of pyridine rings is 1. The number of ether oxygens (including phenoxy) is 3. The molecule has 1 saturated heterocycles. The molecule has 8 nitrogen and oxygen atoms in total. The number of fused-ring (bicyclic) bond motifs is 1. The van der Waals surface area contributed by atoms with Gasteiger partial charge in [-0.15, -0.1) is 0 Å². The van der Waals surface area contributed by atoms with Gasteiger partial charge in [0.2, 0.25) is 11.8 Å². The van der Waals surface area contributed by atoms with Crippen LogP contribution in [0, 0.1) is 5.92 Å². The quantitative estimate of drug-likeness (QED) is 0.791. The Bertz CT molecular complexity index is 854. The second-order valence-electron chi connectivity index (χ2n) is 6.21. The molecule has 0 aliphatic carbocycles. The van der Waals surface area contributed by atoms with Gasteiger partial charge in [-0.2, -0.15) is 0 Å². The van der Waals surface area contributed by atoms with E-state index in [0.29, 0.717) is 11.1 Å². The van der Waals surface area contributed by atoms with Crippen molar-refractivity contribution >= 4 is 22.6 Å². The van der Waals surface area contributed by atoms with Crippen LogP contribution in [0.3, 0.4) is 0 Å². The van der Waals surface area contributed by atoms with Crippen molar-refractivity contribution < 1.29 is 23.8 Å². The summed E-state index contributed by atoms with van der Waals surface area (Å²) >= 11 is 0. The molecule has 26 heavy (non-hydrogen) atoms. The molecule has 2 amide bonds. The summed E-state index contributed by atoms with van der Waals surface area (Å²) in [6.07, 6.45) is -0.509. The molecule has 3 N–H and O–H groups in total. The van der Waals surface area contributed by atoms with Gasteiger partial charge in [0.25, 0.3) is 5.91 Å². The van der Waals surface area contributed by atoms with E-state index in [-0.39, 0.29) is 36.0 Å². The SMILES string of the molecule is COc1ccc2cc(C(N)=O)nc(OC[C@H]3NC(=O)[C@H](OC)[C@H]3C)c2c1. The maximum absolute atomic E-state index is 11.9. The second-order valence-corrected chi connectivity index (χ2v) is 6.21. The Labute approximate surface area is 150 Å². The van der Waals surface area contributed by atoms with Crippen molar-refractivity contribution in [3.63, 3.8) is 0 Å². The van der Waals surface area contributed by atoms with Crippen LogP contribution in [0.15, 0.2) is 24.3 Å². The maximum Gasteiger partial charge on any atom is 0.267 e. The van der Waals surface area contributed by atoms with Crippen molar-refractivity contribution in [1.82, 2.24) is 10.3 Å². The number of primary amides is 1. The Hall–Kier alpha value is -2.87. The van der Waals surface area contributed by atoms with Crippen LogP contribution in [0.25, 0.3) is 10.8 Å². The normalized spacial score (nSPS) is 22.3. The summed E-state index contributed by atoms with van der Waals surface area (Å²) < 4.78 is 16.3. The minimum absolute atomic E-state index is 0.0624. The van der Waals surface area contributed by atoms with Crippen LogP contribution in [-0.4, -0.2) is 49.8 Å². The summed E-state index contributed by atoms with van der Waals surface area (Å²) in [6, 6.07) is 6.73. The van der Waals surface area contributed by atoms with Crippen molar-refractivity contribution in [2.75, 3.05) is 20.8 Å². The molecule has 1 aliphatic heterocycles. The fourth-order valence-corrected chi connectivity index (χ4v) is 3.09. The van der Waals surface area contributed by atoms with Gasteiger partial charge in [0.05, 0.1) is 13.2 Å². The van der Waals surface area contributed by atoms with Gasteiger partial charge in [-0.25, -0.2) is 4.98 Å². The van der Waals surface area contributed by atoms with Crippen LogP contribution in [0.4, 0.5) is 0 Å². The molecule has 2 aromatic rings. The number of methoxy groups -OCH3 is 2. The summed E-state index contributed by atoms with van der Waals surface area (Å²) in [5.41, 5.74) is 5.48. The Morgan fingerprint density at radius 3 is 2.69 bits per heavy atom. The summed E-state index contributed by atoms with van der Waals surface area (Å²) in [4.78, 5) is 27.7. The lowest BCUT2D eigenvalue weighted by molar-refractivity contribution is -0.128. The van der Waals surface area contributed by atoms with Crippen LogP contribution in [-0.2, 0) is 9.53 Å². The van der Waals surface area contributed by atoms with Crippen molar-refractivity contribution in [3.05, 3.63) is 30.0 Å². The number of amides is 2. The highest BCUT2D eigenvalue weighted by molar-refractivity contribution is 5.97. The molecule has 1 aromatic heterocycles. The Kier molecular flexibility index (Phi) is 4.94. The predicted molar refractivity (Wildman–Crippen MR) is 94.2 cm³/mol. The van der Waals surface area contributed by atoms with Gasteiger partial charge in [0.1, 0.15) is 24.2 Å². The Morgan fingerprint density at radius 1 is 1.31 bits per heavy atom. The molecule has 8 heteroatoms. The monoisotopic (exact) mass is 359 g/mol. The third kappa shape index (κ3) is 3.28. The number of nitrogens with one attached hydrogen (secondary N) is 1. The standard InChI is InChI=1S/C18H21N3O5/c1-9-14(20-17(23)15(9)25-3)8-26-18-12-7-11(24-2)5-4-10(12)6-13(21-18)16(19)22/h4-7,9,14-15H,8H2,1-3H3,(H2,19,22)(H,20,23)/t9-,14+,15+/m0/s1. The molecule has 0 radical (unpaired) electrons. The van der Waals surface area contributed by atoms with Gasteiger partial charge < -0.3 is 25.3 Å². The van der Waals surface area contributed by atoms with Crippen LogP contribution in [0.2, 0.25) is 0 Å². The van der Waals surface area contributed by atoms with Gasteiger partial charge in [0.15, 0.2) is 0 Å². The lowest BCUT2D eigenvalue weighted by Gasteiger charge is -2.18. The number of nitrogens with zero attached hydrogens (tertiary/aromatic N) is 1. The molecule has 3 rings (SSSR count). The van der Waals surface area contributed by atoms with E-state index in [4.69, 9.17) is 19.9 Å². The third-order valence-electron chi connectivity index (χ3n) is 4.61. The first-order chi connectivity index (χ1) is 12.4. The molecular weight excluding hydrogens is 338 g/mol. The van der Waals surface area contributed by atoms with Crippen LogP contribution >= 0.6 is 0 Å². The zero-order chi connectivity index (χ0) is 18.8. The second kappa shape index (κ2) is 7.17. The molecular formula is C18H21N3O5. The van der Waals surface area contributed by atoms with Crippen molar-refractivity contribution in [2.45, 2.75) is 19.1 Å². The zero-order valence-electron chi connectivity index (χ0n) is 14.8. The maximum atomic E-state index is 11.9. The average Bonchev–Trinajstić information content (AvgIpc) is 2.91. The topological polar surface area (TPSA) is 113 Å². The van der Waals surface area contributed by atoms with E-state index in [9.17, 15) is 9.59 Å². The number of hydrogen-bond donors (Lipinski definition) is 2. The number of rotatable bonds is 6. The van der Waals surface area contributed by atoms with Crippen molar-refractivity contribution in [1.29, 1.82) is 0 Å². The predicted octanol–water partition coefficient (Wildman–Crippen LogP) is 0.871. The fraction of sp³-hybridized carbons (Fsp3) is 0.389. The molecule has 1 aliphatic rings. The van der Waals surface area contributed by atoms with Crippen molar-refractivity contribution in [2.24, 2.45) is 11.7 Å². The van der Waals surface area contributed by atoms with Gasteiger partial charge in [-0.1, -0.05) is 13.0 Å². The smallest absolute Gasteiger partial charge is 0.267 e. The third-order valence-corrected chi connectivity index (χ3v) is 4.61. The first-order valence-corrected chi connectivity index (χ1v) is 8.19. The Morgan fingerprint density at radius 2 is 2.08 bits per heavy atom. The molecule has 1 aromatic carbocycles. The summed E-state index contributed by atoms with van der Waals surface area (Å²) in [7, 11) is 3.06. The van der Waals surface area contributed by atoms with E-state index in [0.717, 1.165) is 5.39 Å². The number of carbonyl (C=O) groups is 2. The molecule has 2 heterocycles. The number of hydrogen-bond acceptors (Lipinski definition) is 6. The molecule has 0 spiro atoms. The summed E-state index contributed by atoms with van der Waals surface area (Å²) in [5.74, 6) is 0.0247. The van der Waals surface area contributed by atoms with E-state index in [1.807, 2.05) is 6.92 Å². The number of benzene rings is 1. The lowest BCUT2D eigenvalue weighted by Crippen LogP contribution is -2.34. The number of aromatic nitrogens is 1. The largest absolute Gasteiger partial charge is 0.497 e. The minimum Gasteiger partial charge on any atom is -0.497 e. The van der Waals surface area contributed by atoms with Gasteiger partial charge in [-0.05, 0) is 23.6 Å². The molecule has 0 bridgehead atoms.